The van der Waals surface area contributed by atoms with Crippen molar-refractivity contribution < 1.29 is 4.39 Å². The molecular weight excluding hydrogens is 383 g/mol. The fourth-order valence-electron chi connectivity index (χ4n) is 4.16. The van der Waals surface area contributed by atoms with E-state index >= 15 is 0 Å². The molecule has 1 atom stereocenters. The lowest BCUT2D eigenvalue weighted by atomic mass is 10.1. The smallest absolute Gasteiger partial charge is 0.261 e. The van der Waals surface area contributed by atoms with E-state index in [1.165, 1.54) is 12.1 Å². The Morgan fingerprint density at radius 2 is 2.00 bits per heavy atom. The van der Waals surface area contributed by atoms with Gasteiger partial charge in [0.25, 0.3) is 5.56 Å². The topological polar surface area (TPSA) is 94.0 Å². The number of fused-ring (bicyclic) bond motifs is 2. The molecule has 2 aromatic heterocycles. The number of imidazole rings is 1. The van der Waals surface area contributed by atoms with E-state index in [9.17, 15) is 9.18 Å². The Bertz CT molecular complexity index is 1330. The van der Waals surface area contributed by atoms with Crippen LogP contribution >= 0.6 is 0 Å². The molecule has 1 aliphatic rings. The number of anilines is 2. The summed E-state index contributed by atoms with van der Waals surface area (Å²) in [5.74, 6) is -0.150. The van der Waals surface area contributed by atoms with Crippen LogP contribution in [0.15, 0.2) is 41.2 Å². The largest absolute Gasteiger partial charge is 0.397 e. The summed E-state index contributed by atoms with van der Waals surface area (Å²) in [6.07, 6.45) is 0. The van der Waals surface area contributed by atoms with Gasteiger partial charge in [0.2, 0.25) is 0 Å². The van der Waals surface area contributed by atoms with Gasteiger partial charge in [-0.05, 0) is 44.3 Å². The van der Waals surface area contributed by atoms with Gasteiger partial charge in [-0.2, -0.15) is 0 Å². The van der Waals surface area contributed by atoms with E-state index in [4.69, 9.17) is 5.73 Å². The minimum absolute atomic E-state index is 0.0824. The molecule has 0 unspecified atom stereocenters. The average Bonchev–Trinajstić information content (AvgIpc) is 3.12. The van der Waals surface area contributed by atoms with Crippen molar-refractivity contribution >= 4 is 33.3 Å². The molecule has 0 bridgehead atoms. The van der Waals surface area contributed by atoms with Crippen LogP contribution in [0.2, 0.25) is 0 Å². The number of likely N-dealkylation sites (N-methyl/N-ethyl adjacent to an activating group) is 1. The molecule has 0 aliphatic carbocycles. The van der Waals surface area contributed by atoms with Gasteiger partial charge in [-0.3, -0.25) is 4.79 Å². The Labute approximate surface area is 172 Å². The number of nitrogens with one attached hydrogen (secondary N) is 2. The summed E-state index contributed by atoms with van der Waals surface area (Å²) in [4.78, 5) is 27.8. The summed E-state index contributed by atoms with van der Waals surface area (Å²) in [5, 5.41) is 0.194. The van der Waals surface area contributed by atoms with E-state index in [2.05, 4.69) is 38.7 Å². The number of hydrogen-bond donors (Lipinski definition) is 3. The summed E-state index contributed by atoms with van der Waals surface area (Å²) in [7, 11) is 2.14. The predicted octanol–water partition coefficient (Wildman–Crippen LogP) is 2.93. The van der Waals surface area contributed by atoms with Crippen LogP contribution in [-0.2, 0) is 0 Å². The number of benzene rings is 2. The Balaban J connectivity index is 1.60. The number of aromatic amines is 2. The molecule has 2 aromatic carbocycles. The van der Waals surface area contributed by atoms with E-state index in [-0.39, 0.29) is 16.6 Å². The standard InChI is InChI=1S/C22H23FN6O/c1-12-11-29(9-8-28(12)2)13-6-7-15-17(10-13)26-21(25-15)19-20(24)18-14(23)4-3-5-16(18)27-22(19)30/h3-7,10,12H,8-9,11H2,1-2H3,(H,25,26)(H3,24,27,30)/t12-/m1/s1. The molecule has 0 saturated carbocycles. The Morgan fingerprint density at radius 1 is 1.17 bits per heavy atom. The first-order chi connectivity index (χ1) is 14.4. The van der Waals surface area contributed by atoms with Gasteiger partial charge in [-0.1, -0.05) is 6.07 Å². The van der Waals surface area contributed by atoms with Crippen molar-refractivity contribution in [2.45, 2.75) is 13.0 Å². The van der Waals surface area contributed by atoms with Crippen molar-refractivity contribution in [1.82, 2.24) is 19.9 Å². The highest BCUT2D eigenvalue weighted by Crippen LogP contribution is 2.31. The lowest BCUT2D eigenvalue weighted by Gasteiger charge is -2.39. The number of hydrogen-bond acceptors (Lipinski definition) is 5. The van der Waals surface area contributed by atoms with Gasteiger partial charge in [0.1, 0.15) is 17.2 Å². The minimum atomic E-state index is -0.481. The summed E-state index contributed by atoms with van der Waals surface area (Å²) in [6, 6.07) is 11.0. The van der Waals surface area contributed by atoms with Crippen LogP contribution in [0, 0.1) is 5.82 Å². The zero-order valence-corrected chi connectivity index (χ0v) is 16.9. The number of aromatic nitrogens is 3. The maximum Gasteiger partial charge on any atom is 0.261 e. The van der Waals surface area contributed by atoms with Gasteiger partial charge >= 0.3 is 0 Å². The zero-order valence-electron chi connectivity index (χ0n) is 16.9. The first-order valence-electron chi connectivity index (χ1n) is 9.97. The highest BCUT2D eigenvalue weighted by molar-refractivity contribution is 5.98. The number of pyridine rings is 1. The SMILES string of the molecule is C[C@@H]1CN(c2ccc3nc(-c4c(N)c5c(F)cccc5[nH]c4=O)[nH]c3c2)CCN1C. The van der Waals surface area contributed by atoms with Crippen LogP contribution in [0.1, 0.15) is 6.92 Å². The second kappa shape index (κ2) is 6.84. The second-order valence-corrected chi connectivity index (χ2v) is 7.97. The molecule has 0 amide bonds. The van der Waals surface area contributed by atoms with Gasteiger partial charge in [0, 0.05) is 31.4 Å². The zero-order chi connectivity index (χ0) is 21.0. The monoisotopic (exact) mass is 406 g/mol. The maximum atomic E-state index is 14.4. The van der Waals surface area contributed by atoms with Crippen molar-refractivity contribution in [3.63, 3.8) is 0 Å². The lowest BCUT2D eigenvalue weighted by Crippen LogP contribution is -2.50. The molecule has 1 fully saturated rings. The number of H-pyrrole nitrogens is 2. The van der Waals surface area contributed by atoms with Crippen LogP contribution in [-0.4, -0.2) is 52.6 Å². The quantitative estimate of drug-likeness (QED) is 0.476. The molecule has 4 N–H and O–H groups in total. The van der Waals surface area contributed by atoms with E-state index in [1.54, 1.807) is 6.07 Å². The minimum Gasteiger partial charge on any atom is -0.397 e. The summed E-state index contributed by atoms with van der Waals surface area (Å²) < 4.78 is 14.4. The molecule has 0 spiro atoms. The van der Waals surface area contributed by atoms with E-state index in [0.29, 0.717) is 17.4 Å². The fraction of sp³-hybridized carbons (Fsp3) is 0.273. The Kier molecular flexibility index (Phi) is 4.25. The van der Waals surface area contributed by atoms with Crippen LogP contribution in [0.3, 0.4) is 0 Å². The molecule has 1 saturated heterocycles. The normalized spacial score (nSPS) is 17.8. The number of halogens is 1. The first kappa shape index (κ1) is 18.6. The molecule has 8 heteroatoms. The van der Waals surface area contributed by atoms with E-state index in [1.807, 2.05) is 18.2 Å². The molecule has 30 heavy (non-hydrogen) atoms. The Hall–Kier alpha value is -3.39. The molecule has 4 aromatic rings. The highest BCUT2D eigenvalue weighted by atomic mass is 19.1. The second-order valence-electron chi connectivity index (χ2n) is 7.97. The molecular formula is C22H23FN6O. The molecule has 3 heterocycles. The molecule has 1 aliphatic heterocycles. The Morgan fingerprint density at radius 3 is 2.80 bits per heavy atom. The number of nitrogens with zero attached hydrogens (tertiary/aromatic N) is 3. The maximum absolute atomic E-state index is 14.4. The number of rotatable bonds is 2. The molecule has 5 rings (SSSR count). The molecule has 0 radical (unpaired) electrons. The number of piperazine rings is 1. The average molecular weight is 406 g/mol. The molecule has 7 nitrogen and oxygen atoms in total. The van der Waals surface area contributed by atoms with Crippen LogP contribution < -0.4 is 16.2 Å². The van der Waals surface area contributed by atoms with Crippen LogP contribution in [0.25, 0.3) is 33.3 Å². The van der Waals surface area contributed by atoms with Crippen molar-refractivity contribution in [2.75, 3.05) is 37.3 Å². The van der Waals surface area contributed by atoms with Crippen molar-refractivity contribution in [2.24, 2.45) is 0 Å². The van der Waals surface area contributed by atoms with Crippen molar-refractivity contribution in [3.8, 4) is 11.4 Å². The van der Waals surface area contributed by atoms with E-state index < -0.39 is 11.4 Å². The predicted molar refractivity (Wildman–Crippen MR) is 118 cm³/mol. The van der Waals surface area contributed by atoms with Gasteiger partial charge in [-0.25, -0.2) is 9.37 Å². The van der Waals surface area contributed by atoms with E-state index in [0.717, 1.165) is 36.4 Å². The van der Waals surface area contributed by atoms with Gasteiger partial charge in [-0.15, -0.1) is 0 Å². The van der Waals surface area contributed by atoms with Gasteiger partial charge in [0.05, 0.1) is 27.6 Å². The molecule has 154 valence electrons. The van der Waals surface area contributed by atoms with Crippen LogP contribution in [0.5, 0.6) is 0 Å². The number of nitrogens with two attached hydrogens (primary N) is 1. The summed E-state index contributed by atoms with van der Waals surface area (Å²) in [6.45, 7) is 5.11. The third kappa shape index (κ3) is 2.91. The summed E-state index contributed by atoms with van der Waals surface area (Å²) >= 11 is 0. The number of nitrogen functional groups attached to an aromatic ring is 1. The van der Waals surface area contributed by atoms with Gasteiger partial charge in [0.15, 0.2) is 0 Å². The van der Waals surface area contributed by atoms with Crippen molar-refractivity contribution in [3.05, 3.63) is 52.6 Å². The van der Waals surface area contributed by atoms with Crippen molar-refractivity contribution in [1.29, 1.82) is 0 Å². The third-order valence-corrected chi connectivity index (χ3v) is 6.05. The highest BCUT2D eigenvalue weighted by Gasteiger charge is 2.22. The van der Waals surface area contributed by atoms with Crippen LogP contribution in [0.4, 0.5) is 15.8 Å². The third-order valence-electron chi connectivity index (χ3n) is 6.05. The lowest BCUT2D eigenvalue weighted by molar-refractivity contribution is 0.234. The summed E-state index contributed by atoms with van der Waals surface area (Å²) in [5.41, 5.74) is 9.04. The first-order valence-corrected chi connectivity index (χ1v) is 9.97. The fourth-order valence-corrected chi connectivity index (χ4v) is 4.16. The van der Waals surface area contributed by atoms with Gasteiger partial charge < -0.3 is 25.5 Å².